The largest absolute Gasteiger partial charge is 0.372 e. The Morgan fingerprint density at radius 3 is 1.37 bits per heavy atom. The van der Waals surface area contributed by atoms with Gasteiger partial charge in [0.15, 0.2) is 0 Å². The highest BCUT2D eigenvalue weighted by molar-refractivity contribution is 6.17. The third-order valence-corrected chi connectivity index (χ3v) is 3.62. The first-order valence-corrected chi connectivity index (χ1v) is 7.25. The first-order chi connectivity index (χ1) is 9.35. The molecule has 0 aliphatic rings. The van der Waals surface area contributed by atoms with Crippen LogP contribution in [0.1, 0.15) is 22.3 Å². The molecule has 0 aliphatic heterocycles. The van der Waals surface area contributed by atoms with Gasteiger partial charge in [0.25, 0.3) is 0 Å². The summed E-state index contributed by atoms with van der Waals surface area (Å²) in [5.41, 5.74) is 4.52. The molecule has 0 spiro atoms. The van der Waals surface area contributed by atoms with Crippen LogP contribution in [-0.4, -0.2) is 0 Å². The van der Waals surface area contributed by atoms with Crippen molar-refractivity contribution < 1.29 is 4.74 Å². The van der Waals surface area contributed by atoms with Gasteiger partial charge in [0.1, 0.15) is 0 Å². The number of hydrogen-bond donors (Lipinski definition) is 0. The molecule has 0 atom stereocenters. The van der Waals surface area contributed by atoms with Gasteiger partial charge in [-0.1, -0.05) is 48.5 Å². The molecule has 0 saturated heterocycles. The molecule has 2 aromatic carbocycles. The molecule has 0 N–H and O–H groups in total. The maximum atomic E-state index is 5.90. The summed E-state index contributed by atoms with van der Waals surface area (Å²) in [6.07, 6.45) is 0. The normalized spacial score (nSPS) is 10.6. The second-order valence-corrected chi connectivity index (χ2v) is 4.83. The van der Waals surface area contributed by atoms with Crippen LogP contribution in [0.25, 0.3) is 0 Å². The Balaban J connectivity index is 1.96. The van der Waals surface area contributed by atoms with Gasteiger partial charge in [-0.15, -0.1) is 23.2 Å². The zero-order valence-electron chi connectivity index (χ0n) is 10.6. The van der Waals surface area contributed by atoms with Gasteiger partial charge in [0.05, 0.1) is 13.2 Å². The van der Waals surface area contributed by atoms with Crippen molar-refractivity contribution >= 4 is 23.2 Å². The minimum absolute atomic E-state index is 0.512. The lowest BCUT2D eigenvalue weighted by atomic mass is 10.1. The molecule has 0 bridgehead atoms. The summed E-state index contributed by atoms with van der Waals surface area (Å²) in [6.45, 7) is 1.14. The van der Waals surface area contributed by atoms with Crippen molar-refractivity contribution in [2.24, 2.45) is 0 Å². The van der Waals surface area contributed by atoms with E-state index in [1.165, 1.54) is 0 Å². The van der Waals surface area contributed by atoms with Gasteiger partial charge in [-0.3, -0.25) is 0 Å². The van der Waals surface area contributed by atoms with Crippen LogP contribution in [0.3, 0.4) is 0 Å². The first kappa shape index (κ1) is 14.4. The molecule has 1 nitrogen and oxygen atoms in total. The summed E-state index contributed by atoms with van der Waals surface area (Å²) >= 11 is 11.8. The van der Waals surface area contributed by atoms with Gasteiger partial charge in [0.2, 0.25) is 0 Å². The fourth-order valence-electron chi connectivity index (χ4n) is 1.93. The zero-order valence-corrected chi connectivity index (χ0v) is 12.1. The van der Waals surface area contributed by atoms with E-state index in [4.69, 9.17) is 27.9 Å². The molecule has 100 valence electrons. The number of alkyl halides is 2. The van der Waals surface area contributed by atoms with Crippen LogP contribution in [0.5, 0.6) is 0 Å². The highest BCUT2D eigenvalue weighted by Crippen LogP contribution is 2.16. The third kappa shape index (κ3) is 3.97. The topological polar surface area (TPSA) is 9.23 Å². The number of benzene rings is 2. The van der Waals surface area contributed by atoms with E-state index in [2.05, 4.69) is 0 Å². The van der Waals surface area contributed by atoms with E-state index < -0.39 is 0 Å². The van der Waals surface area contributed by atoms with Gasteiger partial charge >= 0.3 is 0 Å². The Kier molecular flexibility index (Phi) is 5.71. The van der Waals surface area contributed by atoms with Crippen LogP contribution in [0.15, 0.2) is 48.5 Å². The molecule has 3 heteroatoms. The molecule has 19 heavy (non-hydrogen) atoms. The molecular weight excluding hydrogens is 279 g/mol. The lowest BCUT2D eigenvalue weighted by Crippen LogP contribution is -1.99. The standard InChI is InChI=1S/C16H16Cl2O/c17-9-13-5-1-3-7-15(13)11-19-12-16-8-4-2-6-14(16)10-18/h1-8H,9-12H2. The predicted octanol–water partition coefficient (Wildman–Crippen LogP) is 4.88. The summed E-state index contributed by atoms with van der Waals surface area (Å²) in [5.74, 6) is 1.02. The van der Waals surface area contributed by atoms with Gasteiger partial charge in [-0.25, -0.2) is 0 Å². The van der Waals surface area contributed by atoms with Crippen molar-refractivity contribution in [3.05, 3.63) is 70.8 Å². The molecule has 0 aromatic heterocycles. The SMILES string of the molecule is ClCc1ccccc1COCc1ccccc1CCl. The van der Waals surface area contributed by atoms with E-state index in [1.807, 2.05) is 48.5 Å². The van der Waals surface area contributed by atoms with Gasteiger partial charge < -0.3 is 4.74 Å². The number of rotatable bonds is 6. The molecule has 0 amide bonds. The third-order valence-electron chi connectivity index (χ3n) is 3.04. The quantitative estimate of drug-likeness (QED) is 0.690. The van der Waals surface area contributed by atoms with Crippen LogP contribution in [0.2, 0.25) is 0 Å². The molecule has 0 unspecified atom stereocenters. The molecule has 0 fully saturated rings. The molecular formula is C16H16Cl2O. The second kappa shape index (κ2) is 7.54. The summed E-state index contributed by atoms with van der Waals surface area (Å²) in [4.78, 5) is 0. The molecule has 2 rings (SSSR count). The molecule has 0 heterocycles. The van der Waals surface area contributed by atoms with E-state index >= 15 is 0 Å². The Morgan fingerprint density at radius 2 is 1.00 bits per heavy atom. The summed E-state index contributed by atoms with van der Waals surface area (Å²) in [7, 11) is 0. The first-order valence-electron chi connectivity index (χ1n) is 6.18. The van der Waals surface area contributed by atoms with E-state index in [-0.39, 0.29) is 0 Å². The summed E-state index contributed by atoms with van der Waals surface area (Å²) in [5, 5.41) is 0. The Hall–Kier alpha value is -1.02. The van der Waals surface area contributed by atoms with Crippen molar-refractivity contribution in [3.63, 3.8) is 0 Å². The minimum atomic E-state index is 0.512. The van der Waals surface area contributed by atoms with Crippen molar-refractivity contribution in [3.8, 4) is 0 Å². The van der Waals surface area contributed by atoms with Crippen molar-refractivity contribution in [2.45, 2.75) is 25.0 Å². The van der Waals surface area contributed by atoms with E-state index in [9.17, 15) is 0 Å². The van der Waals surface area contributed by atoms with Crippen LogP contribution in [-0.2, 0) is 29.7 Å². The Labute approximate surface area is 124 Å². The molecule has 2 aromatic rings. The lowest BCUT2D eigenvalue weighted by molar-refractivity contribution is 0.106. The van der Waals surface area contributed by atoms with Crippen molar-refractivity contribution in [1.29, 1.82) is 0 Å². The smallest absolute Gasteiger partial charge is 0.0724 e. The van der Waals surface area contributed by atoms with E-state index in [0.29, 0.717) is 25.0 Å². The van der Waals surface area contributed by atoms with Gasteiger partial charge in [-0.2, -0.15) is 0 Å². The van der Waals surface area contributed by atoms with Gasteiger partial charge in [-0.05, 0) is 22.3 Å². The maximum absolute atomic E-state index is 5.90. The second-order valence-electron chi connectivity index (χ2n) is 4.30. The maximum Gasteiger partial charge on any atom is 0.0724 e. The highest BCUT2D eigenvalue weighted by atomic mass is 35.5. The average molecular weight is 295 g/mol. The van der Waals surface area contributed by atoms with Crippen LogP contribution in [0, 0.1) is 0 Å². The Bertz CT molecular complexity index is 478. The van der Waals surface area contributed by atoms with Gasteiger partial charge in [0, 0.05) is 11.8 Å². The molecule has 0 radical (unpaired) electrons. The van der Waals surface area contributed by atoms with Crippen molar-refractivity contribution in [2.75, 3.05) is 0 Å². The Morgan fingerprint density at radius 1 is 0.632 bits per heavy atom. The van der Waals surface area contributed by atoms with E-state index in [0.717, 1.165) is 22.3 Å². The number of ether oxygens (including phenoxy) is 1. The highest BCUT2D eigenvalue weighted by Gasteiger charge is 2.03. The van der Waals surface area contributed by atoms with Crippen molar-refractivity contribution in [1.82, 2.24) is 0 Å². The minimum Gasteiger partial charge on any atom is -0.372 e. The fraction of sp³-hybridized carbons (Fsp3) is 0.250. The average Bonchev–Trinajstić information content (AvgIpc) is 2.48. The fourth-order valence-corrected chi connectivity index (χ4v) is 2.45. The molecule has 0 saturated carbocycles. The summed E-state index contributed by atoms with van der Waals surface area (Å²) < 4.78 is 5.77. The lowest BCUT2D eigenvalue weighted by Gasteiger charge is -2.10. The summed E-state index contributed by atoms with van der Waals surface area (Å²) in [6, 6.07) is 16.1. The van der Waals surface area contributed by atoms with Crippen LogP contribution in [0.4, 0.5) is 0 Å². The monoisotopic (exact) mass is 294 g/mol. The zero-order chi connectivity index (χ0) is 13.5. The number of hydrogen-bond acceptors (Lipinski definition) is 1. The van der Waals surface area contributed by atoms with E-state index in [1.54, 1.807) is 0 Å². The van der Waals surface area contributed by atoms with Crippen LogP contribution < -0.4 is 0 Å². The van der Waals surface area contributed by atoms with Crippen LogP contribution >= 0.6 is 23.2 Å². The predicted molar refractivity (Wildman–Crippen MR) is 80.5 cm³/mol. The number of halogens is 2. The molecule has 0 aliphatic carbocycles.